The largest absolute Gasteiger partial charge is 0.508 e. The summed E-state index contributed by atoms with van der Waals surface area (Å²) in [6.45, 7) is 1.91. The van der Waals surface area contributed by atoms with Gasteiger partial charge in [-0.2, -0.15) is 0 Å². The fourth-order valence-electron chi connectivity index (χ4n) is 3.48. The van der Waals surface area contributed by atoms with E-state index in [0.29, 0.717) is 22.0 Å². The predicted octanol–water partition coefficient (Wildman–Crippen LogP) is 4.44. The molecule has 0 saturated carbocycles. The van der Waals surface area contributed by atoms with Gasteiger partial charge in [-0.3, -0.25) is 9.20 Å². The van der Waals surface area contributed by atoms with Crippen LogP contribution in [0.5, 0.6) is 5.75 Å². The fraction of sp³-hybridized carbons (Fsp3) is 0.0435. The Hall–Kier alpha value is -4.44. The van der Waals surface area contributed by atoms with E-state index in [1.165, 1.54) is 11.3 Å². The molecule has 0 spiro atoms. The second kappa shape index (κ2) is 8.24. The molecule has 0 aliphatic carbocycles. The molecule has 0 aliphatic heterocycles. The average Bonchev–Trinajstić information content (AvgIpc) is 3.38. The minimum Gasteiger partial charge on any atom is -0.508 e. The van der Waals surface area contributed by atoms with Crippen LogP contribution < -0.4 is 16.4 Å². The third-order valence-electron chi connectivity index (χ3n) is 4.99. The van der Waals surface area contributed by atoms with Crippen molar-refractivity contribution in [2.75, 3.05) is 16.4 Å². The fourth-order valence-corrected chi connectivity index (χ4v) is 4.19. The monoisotopic (exact) mass is 457 g/mol. The van der Waals surface area contributed by atoms with Gasteiger partial charge in [0.1, 0.15) is 22.9 Å². The lowest BCUT2D eigenvalue weighted by atomic mass is 10.2. The molecule has 0 aliphatic rings. The van der Waals surface area contributed by atoms with Crippen molar-refractivity contribution in [1.82, 2.24) is 19.4 Å². The standard InChI is InChI=1S/C23H19N7O2S/c1-13-20(30-9-7-16(31)11-19(30)26-13)18-12-33-23(29-18)27-15-5-2-4-14(10-15)22(32)28-17-6-3-8-25-21(17)24/h2-12,31H,1H3,(H2,24,25)(H,27,29)(H,28,32). The number of rotatable bonds is 5. The molecule has 9 nitrogen and oxygen atoms in total. The number of aromatic hydroxyl groups is 1. The summed E-state index contributed by atoms with van der Waals surface area (Å²) in [5.74, 6) is 0.131. The molecule has 33 heavy (non-hydrogen) atoms. The van der Waals surface area contributed by atoms with Gasteiger partial charge in [-0.05, 0) is 43.3 Å². The van der Waals surface area contributed by atoms with Crippen LogP contribution in [0.1, 0.15) is 16.1 Å². The molecule has 5 aromatic rings. The molecule has 0 unspecified atom stereocenters. The Kier molecular flexibility index (Phi) is 5.11. The zero-order chi connectivity index (χ0) is 22.9. The number of aromatic nitrogens is 4. The van der Waals surface area contributed by atoms with Crippen molar-refractivity contribution in [3.63, 3.8) is 0 Å². The number of benzene rings is 1. The van der Waals surface area contributed by atoms with Crippen molar-refractivity contribution in [1.29, 1.82) is 0 Å². The number of thiazole rings is 1. The highest BCUT2D eigenvalue weighted by Crippen LogP contribution is 2.31. The summed E-state index contributed by atoms with van der Waals surface area (Å²) in [6.07, 6.45) is 3.33. The summed E-state index contributed by atoms with van der Waals surface area (Å²) in [7, 11) is 0. The van der Waals surface area contributed by atoms with Gasteiger partial charge in [-0.15, -0.1) is 11.3 Å². The van der Waals surface area contributed by atoms with Crippen LogP contribution in [0.15, 0.2) is 66.3 Å². The SMILES string of the molecule is Cc1nc2cc(O)ccn2c1-c1csc(Nc2cccc(C(=O)Nc3cccnc3N)c2)n1. The number of carbonyl (C=O) groups is 1. The van der Waals surface area contributed by atoms with E-state index >= 15 is 0 Å². The number of aryl methyl sites for hydroxylation is 1. The van der Waals surface area contributed by atoms with Gasteiger partial charge in [-0.25, -0.2) is 15.0 Å². The number of imidazole rings is 1. The summed E-state index contributed by atoms with van der Waals surface area (Å²) in [5.41, 5.74) is 10.5. The quantitative estimate of drug-likeness (QED) is 0.307. The van der Waals surface area contributed by atoms with Crippen LogP contribution in [0.2, 0.25) is 0 Å². The maximum Gasteiger partial charge on any atom is 0.255 e. The van der Waals surface area contributed by atoms with Crippen molar-refractivity contribution >= 4 is 45.2 Å². The van der Waals surface area contributed by atoms with Crippen molar-refractivity contribution < 1.29 is 9.90 Å². The number of nitrogens with two attached hydrogens (primary N) is 1. The number of anilines is 4. The second-order valence-electron chi connectivity index (χ2n) is 7.29. The smallest absolute Gasteiger partial charge is 0.255 e. The van der Waals surface area contributed by atoms with Crippen LogP contribution >= 0.6 is 11.3 Å². The van der Waals surface area contributed by atoms with E-state index in [0.717, 1.165) is 22.8 Å². The lowest BCUT2D eigenvalue weighted by molar-refractivity contribution is 0.102. The highest BCUT2D eigenvalue weighted by molar-refractivity contribution is 7.14. The van der Waals surface area contributed by atoms with Crippen LogP contribution in [-0.4, -0.2) is 30.4 Å². The molecule has 10 heteroatoms. The second-order valence-corrected chi connectivity index (χ2v) is 8.15. The minimum absolute atomic E-state index is 0.162. The first-order valence-electron chi connectivity index (χ1n) is 10.0. The number of nitrogens with one attached hydrogen (secondary N) is 2. The Morgan fingerprint density at radius 2 is 2.03 bits per heavy atom. The van der Waals surface area contributed by atoms with E-state index in [9.17, 15) is 9.90 Å². The molecule has 5 rings (SSSR count). The van der Waals surface area contributed by atoms with Gasteiger partial charge in [0.05, 0.1) is 17.1 Å². The van der Waals surface area contributed by atoms with Crippen LogP contribution in [0, 0.1) is 6.92 Å². The molecule has 1 amide bonds. The zero-order valence-corrected chi connectivity index (χ0v) is 18.3. The van der Waals surface area contributed by atoms with Gasteiger partial charge in [0.25, 0.3) is 5.91 Å². The number of hydrogen-bond acceptors (Lipinski definition) is 8. The number of fused-ring (bicyclic) bond motifs is 1. The Morgan fingerprint density at radius 3 is 2.88 bits per heavy atom. The van der Waals surface area contributed by atoms with Crippen LogP contribution in [0.3, 0.4) is 0 Å². The number of carbonyl (C=O) groups excluding carboxylic acids is 1. The molecular weight excluding hydrogens is 438 g/mol. The normalized spacial score (nSPS) is 10.9. The third kappa shape index (κ3) is 4.06. The molecule has 0 saturated heterocycles. The lowest BCUT2D eigenvalue weighted by Gasteiger charge is -2.09. The summed E-state index contributed by atoms with van der Waals surface area (Å²) in [5, 5.41) is 18.4. The summed E-state index contributed by atoms with van der Waals surface area (Å²) in [6, 6.07) is 13.7. The van der Waals surface area contributed by atoms with E-state index in [4.69, 9.17) is 10.7 Å². The van der Waals surface area contributed by atoms with Gasteiger partial charge in [-0.1, -0.05) is 6.07 Å². The van der Waals surface area contributed by atoms with E-state index in [-0.39, 0.29) is 17.5 Å². The van der Waals surface area contributed by atoms with Gasteiger partial charge in [0.2, 0.25) is 0 Å². The Labute approximate surface area is 192 Å². The van der Waals surface area contributed by atoms with E-state index in [1.807, 2.05) is 22.8 Å². The Morgan fingerprint density at radius 1 is 1.15 bits per heavy atom. The van der Waals surface area contributed by atoms with Crippen molar-refractivity contribution in [3.8, 4) is 17.1 Å². The molecule has 0 bridgehead atoms. The van der Waals surface area contributed by atoms with Crippen molar-refractivity contribution in [2.45, 2.75) is 6.92 Å². The van der Waals surface area contributed by atoms with E-state index in [1.54, 1.807) is 54.9 Å². The summed E-state index contributed by atoms with van der Waals surface area (Å²) >= 11 is 1.44. The van der Waals surface area contributed by atoms with Gasteiger partial charge in [0.15, 0.2) is 5.13 Å². The average molecular weight is 458 g/mol. The molecule has 0 atom stereocenters. The lowest BCUT2D eigenvalue weighted by Crippen LogP contribution is -2.13. The number of hydrogen-bond donors (Lipinski definition) is 4. The highest BCUT2D eigenvalue weighted by Gasteiger charge is 2.15. The van der Waals surface area contributed by atoms with Gasteiger partial charge < -0.3 is 21.5 Å². The summed E-state index contributed by atoms with van der Waals surface area (Å²) in [4.78, 5) is 25.8. The van der Waals surface area contributed by atoms with E-state index in [2.05, 4.69) is 20.6 Å². The maximum atomic E-state index is 12.7. The molecule has 4 heterocycles. The van der Waals surface area contributed by atoms with Gasteiger partial charge >= 0.3 is 0 Å². The number of nitrogens with zero attached hydrogens (tertiary/aromatic N) is 4. The van der Waals surface area contributed by atoms with Gasteiger partial charge in [0, 0.05) is 35.1 Å². The number of pyridine rings is 2. The molecule has 0 radical (unpaired) electrons. The first-order valence-corrected chi connectivity index (χ1v) is 10.9. The number of nitrogen functional groups attached to an aromatic ring is 1. The highest BCUT2D eigenvalue weighted by atomic mass is 32.1. The van der Waals surface area contributed by atoms with Crippen molar-refractivity contribution in [3.05, 3.63) is 77.6 Å². The number of amides is 1. The molecule has 4 aromatic heterocycles. The maximum absolute atomic E-state index is 12.7. The van der Waals surface area contributed by atoms with Crippen LogP contribution in [0.4, 0.5) is 22.3 Å². The van der Waals surface area contributed by atoms with Crippen LogP contribution in [-0.2, 0) is 0 Å². The first-order chi connectivity index (χ1) is 16.0. The third-order valence-corrected chi connectivity index (χ3v) is 5.75. The van der Waals surface area contributed by atoms with E-state index < -0.39 is 0 Å². The Balaban J connectivity index is 1.37. The molecular formula is C23H19N7O2S. The Bertz CT molecular complexity index is 1490. The molecule has 1 aromatic carbocycles. The van der Waals surface area contributed by atoms with Crippen LogP contribution in [0.25, 0.3) is 17.0 Å². The molecule has 164 valence electrons. The minimum atomic E-state index is -0.289. The molecule has 5 N–H and O–H groups in total. The first kappa shape index (κ1) is 20.5. The van der Waals surface area contributed by atoms with Crippen molar-refractivity contribution in [2.24, 2.45) is 0 Å². The zero-order valence-electron chi connectivity index (χ0n) is 17.5. The predicted molar refractivity (Wildman–Crippen MR) is 129 cm³/mol. The molecule has 0 fully saturated rings. The topological polar surface area (TPSA) is 130 Å². The summed E-state index contributed by atoms with van der Waals surface area (Å²) < 4.78 is 1.89.